The number of hydrogen-bond acceptors (Lipinski definition) is 4. The van der Waals surface area contributed by atoms with E-state index in [-0.39, 0.29) is 5.82 Å². The molecule has 0 bridgehead atoms. The maximum atomic E-state index is 12.8. The molecule has 0 fully saturated rings. The quantitative estimate of drug-likeness (QED) is 0.840. The predicted molar refractivity (Wildman–Crippen MR) is 82.2 cm³/mol. The molecule has 2 N–H and O–H groups in total. The lowest BCUT2D eigenvalue weighted by molar-refractivity contribution is 0.627. The topological polar surface area (TPSA) is 49.8 Å². The molecule has 4 nitrogen and oxygen atoms in total. The van der Waals surface area contributed by atoms with Crippen molar-refractivity contribution in [2.45, 2.75) is 19.9 Å². The summed E-state index contributed by atoms with van der Waals surface area (Å²) in [6, 6.07) is 6.38. The van der Waals surface area contributed by atoms with Crippen LogP contribution in [0.15, 0.2) is 35.1 Å². The number of halogens is 2. The summed E-state index contributed by atoms with van der Waals surface area (Å²) in [5, 5.41) is 6.43. The molecule has 20 heavy (non-hydrogen) atoms. The van der Waals surface area contributed by atoms with Crippen LogP contribution >= 0.6 is 15.9 Å². The minimum Gasteiger partial charge on any atom is -0.369 e. The summed E-state index contributed by atoms with van der Waals surface area (Å²) in [5.74, 6) is 1.24. The van der Waals surface area contributed by atoms with Gasteiger partial charge in [-0.3, -0.25) is 0 Å². The Labute approximate surface area is 126 Å². The second kappa shape index (κ2) is 7.19. The molecule has 0 aliphatic carbocycles. The van der Waals surface area contributed by atoms with Gasteiger partial charge < -0.3 is 10.6 Å². The van der Waals surface area contributed by atoms with E-state index in [1.165, 1.54) is 18.5 Å². The van der Waals surface area contributed by atoms with Crippen molar-refractivity contribution in [1.82, 2.24) is 9.97 Å². The number of rotatable bonds is 6. The molecule has 0 unspecified atom stereocenters. The summed E-state index contributed by atoms with van der Waals surface area (Å²) in [7, 11) is 0. The van der Waals surface area contributed by atoms with Gasteiger partial charge in [0.1, 0.15) is 28.3 Å². The number of aromatic nitrogens is 2. The van der Waals surface area contributed by atoms with Gasteiger partial charge in [-0.15, -0.1) is 0 Å². The van der Waals surface area contributed by atoms with E-state index < -0.39 is 0 Å². The standard InChI is InChI=1S/C14H16BrFN4/c1-2-7-17-13-12(15)14(20-9-19-13)18-8-10-3-5-11(16)6-4-10/h3-6,9H,2,7-8H2,1H3,(H2,17,18,19,20). The van der Waals surface area contributed by atoms with Crippen LogP contribution in [-0.2, 0) is 6.54 Å². The van der Waals surface area contributed by atoms with Crippen LogP contribution in [-0.4, -0.2) is 16.5 Å². The van der Waals surface area contributed by atoms with E-state index in [0.29, 0.717) is 12.4 Å². The van der Waals surface area contributed by atoms with Gasteiger partial charge in [-0.05, 0) is 40.0 Å². The Kier molecular flexibility index (Phi) is 5.29. The highest BCUT2D eigenvalue weighted by Crippen LogP contribution is 2.26. The average Bonchev–Trinajstić information content (AvgIpc) is 2.47. The monoisotopic (exact) mass is 338 g/mol. The van der Waals surface area contributed by atoms with Crippen LogP contribution in [0.5, 0.6) is 0 Å². The van der Waals surface area contributed by atoms with E-state index in [4.69, 9.17) is 0 Å². The Morgan fingerprint density at radius 1 is 1.10 bits per heavy atom. The fourth-order valence-corrected chi connectivity index (χ4v) is 2.13. The second-order valence-corrected chi connectivity index (χ2v) is 5.08. The van der Waals surface area contributed by atoms with Crippen LogP contribution in [0.3, 0.4) is 0 Å². The zero-order chi connectivity index (χ0) is 14.4. The van der Waals surface area contributed by atoms with E-state index in [9.17, 15) is 4.39 Å². The number of nitrogens with one attached hydrogen (secondary N) is 2. The normalized spacial score (nSPS) is 10.3. The van der Waals surface area contributed by atoms with E-state index in [1.807, 2.05) is 0 Å². The summed E-state index contributed by atoms with van der Waals surface area (Å²) in [6.07, 6.45) is 2.53. The highest BCUT2D eigenvalue weighted by Gasteiger charge is 2.07. The summed E-state index contributed by atoms with van der Waals surface area (Å²) in [6.45, 7) is 3.52. The summed E-state index contributed by atoms with van der Waals surface area (Å²) in [4.78, 5) is 8.38. The van der Waals surface area contributed by atoms with Gasteiger partial charge in [0.05, 0.1) is 0 Å². The average molecular weight is 339 g/mol. The molecule has 0 aliphatic rings. The molecule has 2 rings (SSSR count). The lowest BCUT2D eigenvalue weighted by Crippen LogP contribution is -2.07. The van der Waals surface area contributed by atoms with Gasteiger partial charge in [0, 0.05) is 13.1 Å². The molecule has 0 saturated carbocycles. The first kappa shape index (κ1) is 14.7. The molecule has 1 aromatic carbocycles. The van der Waals surface area contributed by atoms with E-state index >= 15 is 0 Å². The lowest BCUT2D eigenvalue weighted by atomic mass is 10.2. The van der Waals surface area contributed by atoms with Crippen molar-refractivity contribution in [3.05, 3.63) is 46.4 Å². The van der Waals surface area contributed by atoms with Gasteiger partial charge in [0.25, 0.3) is 0 Å². The highest BCUT2D eigenvalue weighted by molar-refractivity contribution is 9.10. The molecule has 106 valence electrons. The summed E-state index contributed by atoms with van der Waals surface area (Å²) >= 11 is 3.49. The van der Waals surface area contributed by atoms with Crippen molar-refractivity contribution in [3.8, 4) is 0 Å². The molecule has 0 spiro atoms. The SMILES string of the molecule is CCCNc1ncnc(NCc2ccc(F)cc2)c1Br. The van der Waals surface area contributed by atoms with Crippen molar-refractivity contribution in [2.75, 3.05) is 17.2 Å². The number of benzene rings is 1. The number of anilines is 2. The second-order valence-electron chi connectivity index (χ2n) is 4.29. The zero-order valence-electron chi connectivity index (χ0n) is 11.2. The zero-order valence-corrected chi connectivity index (χ0v) is 12.7. The summed E-state index contributed by atoms with van der Waals surface area (Å²) in [5.41, 5.74) is 0.986. The predicted octanol–water partition coefficient (Wildman–Crippen LogP) is 3.81. The van der Waals surface area contributed by atoms with Crippen LogP contribution in [0, 0.1) is 5.82 Å². The first-order valence-corrected chi connectivity index (χ1v) is 7.22. The Hall–Kier alpha value is -1.69. The van der Waals surface area contributed by atoms with Gasteiger partial charge >= 0.3 is 0 Å². The van der Waals surface area contributed by atoms with Crippen LogP contribution in [0.2, 0.25) is 0 Å². The van der Waals surface area contributed by atoms with Gasteiger partial charge in [-0.25, -0.2) is 14.4 Å². The maximum Gasteiger partial charge on any atom is 0.146 e. The third-order valence-corrected chi connectivity index (χ3v) is 3.46. The number of nitrogens with zero attached hydrogens (tertiary/aromatic N) is 2. The van der Waals surface area contributed by atoms with Crippen LogP contribution in [0.25, 0.3) is 0 Å². The molecule has 1 aromatic heterocycles. The highest BCUT2D eigenvalue weighted by atomic mass is 79.9. The molecule has 0 atom stereocenters. The van der Waals surface area contributed by atoms with Crippen molar-refractivity contribution in [2.24, 2.45) is 0 Å². The lowest BCUT2D eigenvalue weighted by Gasteiger charge is -2.11. The molecule has 0 saturated heterocycles. The third kappa shape index (κ3) is 3.90. The number of hydrogen-bond donors (Lipinski definition) is 2. The molecule has 0 aliphatic heterocycles. The van der Waals surface area contributed by atoms with Crippen LogP contribution in [0.4, 0.5) is 16.0 Å². The Balaban J connectivity index is 2.03. The van der Waals surface area contributed by atoms with E-state index in [2.05, 4.69) is 43.5 Å². The van der Waals surface area contributed by atoms with Crippen molar-refractivity contribution in [3.63, 3.8) is 0 Å². The fourth-order valence-electron chi connectivity index (χ4n) is 1.65. The smallest absolute Gasteiger partial charge is 0.146 e. The Morgan fingerprint density at radius 3 is 2.40 bits per heavy atom. The van der Waals surface area contributed by atoms with Gasteiger partial charge in [-0.2, -0.15) is 0 Å². The minimum absolute atomic E-state index is 0.233. The third-order valence-electron chi connectivity index (χ3n) is 2.71. The fraction of sp³-hybridized carbons (Fsp3) is 0.286. The minimum atomic E-state index is -0.233. The van der Waals surface area contributed by atoms with Gasteiger partial charge in [-0.1, -0.05) is 19.1 Å². The Bertz CT molecular complexity index is 560. The summed E-state index contributed by atoms with van der Waals surface area (Å²) < 4.78 is 13.6. The van der Waals surface area contributed by atoms with Crippen molar-refractivity contribution >= 4 is 27.6 Å². The van der Waals surface area contributed by atoms with E-state index in [0.717, 1.165) is 28.8 Å². The first-order chi connectivity index (χ1) is 9.70. The van der Waals surface area contributed by atoms with Gasteiger partial charge in [0.2, 0.25) is 0 Å². The van der Waals surface area contributed by atoms with E-state index in [1.54, 1.807) is 12.1 Å². The molecular weight excluding hydrogens is 323 g/mol. The molecule has 0 amide bonds. The van der Waals surface area contributed by atoms with Crippen molar-refractivity contribution < 1.29 is 4.39 Å². The molecule has 6 heteroatoms. The van der Waals surface area contributed by atoms with Gasteiger partial charge in [0.15, 0.2) is 0 Å². The van der Waals surface area contributed by atoms with Crippen LogP contribution in [0.1, 0.15) is 18.9 Å². The molecule has 2 aromatic rings. The molecule has 1 heterocycles. The van der Waals surface area contributed by atoms with Crippen molar-refractivity contribution in [1.29, 1.82) is 0 Å². The molecule has 0 radical (unpaired) electrons. The maximum absolute atomic E-state index is 12.8. The largest absolute Gasteiger partial charge is 0.369 e. The van der Waals surface area contributed by atoms with Crippen LogP contribution < -0.4 is 10.6 Å². The Morgan fingerprint density at radius 2 is 1.75 bits per heavy atom. The first-order valence-electron chi connectivity index (χ1n) is 6.43. The molecular formula is C14H16BrFN4.